The zero-order valence-corrected chi connectivity index (χ0v) is 17.8. The molecule has 1 fully saturated rings. The third-order valence-corrected chi connectivity index (χ3v) is 7.06. The molecule has 1 N–H and O–H groups in total. The molecule has 1 aliphatic rings. The Morgan fingerprint density at radius 3 is 2.52 bits per heavy atom. The van der Waals surface area contributed by atoms with E-state index in [-0.39, 0.29) is 27.3 Å². The number of nitriles is 1. The van der Waals surface area contributed by atoms with Crippen LogP contribution in [0.4, 0.5) is 5.69 Å². The van der Waals surface area contributed by atoms with E-state index in [1.807, 2.05) is 19.9 Å². The standard InChI is InChI=1S/C21H22ClN3O3S/c1-14-8-15(2)13-25(12-14)29(27,28)18-6-7-20(22)19(10-18)21(26)24-17-5-3-4-16(9-17)11-23/h3-7,9-10,14-15H,8,12-13H2,1-2H3,(H,24,26). The molecule has 0 spiro atoms. The predicted molar refractivity (Wildman–Crippen MR) is 112 cm³/mol. The fraction of sp³-hybridized carbons (Fsp3) is 0.333. The highest BCUT2D eigenvalue weighted by Gasteiger charge is 2.32. The van der Waals surface area contributed by atoms with E-state index < -0.39 is 15.9 Å². The van der Waals surface area contributed by atoms with E-state index in [0.29, 0.717) is 24.3 Å². The van der Waals surface area contributed by atoms with Gasteiger partial charge in [0.15, 0.2) is 0 Å². The summed E-state index contributed by atoms with van der Waals surface area (Å²) in [5.41, 5.74) is 0.892. The van der Waals surface area contributed by atoms with Crippen molar-refractivity contribution in [2.24, 2.45) is 11.8 Å². The molecule has 0 saturated carbocycles. The van der Waals surface area contributed by atoms with Crippen LogP contribution in [-0.4, -0.2) is 31.7 Å². The summed E-state index contributed by atoms with van der Waals surface area (Å²) < 4.78 is 27.7. The number of amides is 1. The highest BCUT2D eigenvalue weighted by molar-refractivity contribution is 7.89. The number of hydrogen-bond acceptors (Lipinski definition) is 4. The number of nitrogens with zero attached hydrogens (tertiary/aromatic N) is 2. The molecule has 8 heteroatoms. The third kappa shape index (κ3) is 4.78. The lowest BCUT2D eigenvalue weighted by Crippen LogP contribution is -2.42. The molecular formula is C21H22ClN3O3S. The number of benzene rings is 2. The predicted octanol–water partition coefficient (Wildman–Crippen LogP) is 4.13. The zero-order chi connectivity index (χ0) is 21.2. The summed E-state index contributed by atoms with van der Waals surface area (Å²) in [4.78, 5) is 12.7. The molecule has 2 atom stereocenters. The first-order valence-corrected chi connectivity index (χ1v) is 11.1. The van der Waals surface area contributed by atoms with Crippen LogP contribution in [0.2, 0.25) is 5.02 Å². The van der Waals surface area contributed by atoms with Gasteiger partial charge >= 0.3 is 0 Å². The molecular weight excluding hydrogens is 410 g/mol. The number of rotatable bonds is 4. The number of carbonyl (C=O) groups excluding carboxylic acids is 1. The molecule has 0 radical (unpaired) electrons. The summed E-state index contributed by atoms with van der Waals surface area (Å²) in [7, 11) is -3.73. The molecule has 2 aromatic rings. The number of halogens is 1. The van der Waals surface area contributed by atoms with E-state index in [1.165, 1.54) is 28.6 Å². The normalized spacial score (nSPS) is 20.1. The van der Waals surface area contributed by atoms with Crippen molar-refractivity contribution < 1.29 is 13.2 Å². The Labute approximate surface area is 176 Å². The number of piperidine rings is 1. The topological polar surface area (TPSA) is 90.3 Å². The third-order valence-electron chi connectivity index (χ3n) is 4.91. The molecule has 1 heterocycles. The SMILES string of the molecule is CC1CC(C)CN(S(=O)(=O)c2ccc(Cl)c(C(=O)Nc3cccc(C#N)c3)c2)C1. The smallest absolute Gasteiger partial charge is 0.257 e. The van der Waals surface area contributed by atoms with E-state index in [4.69, 9.17) is 16.9 Å². The van der Waals surface area contributed by atoms with Crippen LogP contribution >= 0.6 is 11.6 Å². The van der Waals surface area contributed by atoms with Crippen molar-refractivity contribution in [3.63, 3.8) is 0 Å². The van der Waals surface area contributed by atoms with E-state index in [0.717, 1.165) is 6.42 Å². The number of hydrogen-bond donors (Lipinski definition) is 1. The van der Waals surface area contributed by atoms with Crippen molar-refractivity contribution in [1.82, 2.24) is 4.31 Å². The average Bonchev–Trinajstić information content (AvgIpc) is 2.67. The molecule has 1 saturated heterocycles. The second kappa shape index (κ2) is 8.54. The lowest BCUT2D eigenvalue weighted by atomic mass is 9.94. The fourth-order valence-corrected chi connectivity index (χ4v) is 5.56. The van der Waals surface area contributed by atoms with Crippen LogP contribution in [0.25, 0.3) is 0 Å². The molecule has 152 valence electrons. The minimum Gasteiger partial charge on any atom is -0.322 e. The molecule has 2 aromatic carbocycles. The monoisotopic (exact) mass is 431 g/mol. The van der Waals surface area contributed by atoms with Crippen LogP contribution in [-0.2, 0) is 10.0 Å². The molecule has 29 heavy (non-hydrogen) atoms. The Balaban J connectivity index is 1.89. The van der Waals surface area contributed by atoms with Crippen molar-refractivity contribution in [2.75, 3.05) is 18.4 Å². The first kappa shape index (κ1) is 21.3. The molecule has 1 amide bonds. The molecule has 0 aromatic heterocycles. The largest absolute Gasteiger partial charge is 0.322 e. The summed E-state index contributed by atoms with van der Waals surface area (Å²) in [6.45, 7) is 4.98. The van der Waals surface area contributed by atoms with Gasteiger partial charge < -0.3 is 5.32 Å². The van der Waals surface area contributed by atoms with E-state index in [1.54, 1.807) is 18.2 Å². The van der Waals surface area contributed by atoms with E-state index in [9.17, 15) is 13.2 Å². The first-order valence-electron chi connectivity index (χ1n) is 9.32. The van der Waals surface area contributed by atoms with Gasteiger partial charge in [0, 0.05) is 18.8 Å². The van der Waals surface area contributed by atoms with Gasteiger partial charge in [-0.2, -0.15) is 9.57 Å². The van der Waals surface area contributed by atoms with Crippen molar-refractivity contribution in [2.45, 2.75) is 25.2 Å². The molecule has 6 nitrogen and oxygen atoms in total. The first-order chi connectivity index (χ1) is 13.7. The van der Waals surface area contributed by atoms with Gasteiger partial charge in [0.1, 0.15) is 0 Å². The minimum atomic E-state index is -3.73. The van der Waals surface area contributed by atoms with E-state index in [2.05, 4.69) is 5.32 Å². The number of sulfonamides is 1. The summed E-state index contributed by atoms with van der Waals surface area (Å²) in [5, 5.41) is 11.8. The minimum absolute atomic E-state index is 0.0409. The summed E-state index contributed by atoms with van der Waals surface area (Å²) in [5.74, 6) is 0.00882. The van der Waals surface area contributed by atoms with Gasteiger partial charge in [-0.05, 0) is 54.7 Å². The molecule has 1 aliphatic heterocycles. The Kier molecular flexibility index (Phi) is 6.27. The number of anilines is 1. The van der Waals surface area contributed by atoms with Crippen molar-refractivity contribution in [1.29, 1.82) is 5.26 Å². The average molecular weight is 432 g/mol. The van der Waals surface area contributed by atoms with Gasteiger partial charge in [-0.3, -0.25) is 4.79 Å². The quantitative estimate of drug-likeness (QED) is 0.787. The summed E-state index contributed by atoms with van der Waals surface area (Å²) in [6.07, 6.45) is 0.988. The summed E-state index contributed by atoms with van der Waals surface area (Å²) in [6, 6.07) is 12.6. The van der Waals surface area contributed by atoms with Crippen LogP contribution in [0.1, 0.15) is 36.2 Å². The Hall–Kier alpha value is -2.40. The van der Waals surface area contributed by atoms with Gasteiger partial charge in [0.2, 0.25) is 10.0 Å². The van der Waals surface area contributed by atoms with Crippen LogP contribution in [0.5, 0.6) is 0 Å². The maximum absolute atomic E-state index is 13.1. The van der Waals surface area contributed by atoms with Gasteiger partial charge in [-0.25, -0.2) is 8.42 Å². The Morgan fingerprint density at radius 2 is 1.86 bits per heavy atom. The lowest BCUT2D eigenvalue weighted by molar-refractivity contribution is 0.102. The number of carbonyl (C=O) groups is 1. The molecule has 0 bridgehead atoms. The molecule has 0 aliphatic carbocycles. The summed E-state index contributed by atoms with van der Waals surface area (Å²) >= 11 is 6.18. The van der Waals surface area contributed by atoms with Gasteiger partial charge in [0.25, 0.3) is 5.91 Å². The van der Waals surface area contributed by atoms with Gasteiger partial charge in [-0.1, -0.05) is 31.5 Å². The van der Waals surface area contributed by atoms with Crippen LogP contribution < -0.4 is 5.32 Å². The molecule has 3 rings (SSSR count). The fourth-order valence-electron chi connectivity index (χ4n) is 3.65. The highest BCUT2D eigenvalue weighted by atomic mass is 35.5. The number of nitrogens with one attached hydrogen (secondary N) is 1. The second-order valence-corrected chi connectivity index (χ2v) is 9.90. The second-order valence-electron chi connectivity index (χ2n) is 7.56. The zero-order valence-electron chi connectivity index (χ0n) is 16.2. The Morgan fingerprint density at radius 1 is 1.17 bits per heavy atom. The highest BCUT2D eigenvalue weighted by Crippen LogP contribution is 2.29. The molecule has 2 unspecified atom stereocenters. The lowest BCUT2D eigenvalue weighted by Gasteiger charge is -2.34. The maximum atomic E-state index is 13.1. The van der Waals surface area contributed by atoms with E-state index >= 15 is 0 Å². The van der Waals surface area contributed by atoms with Crippen molar-refractivity contribution in [3.8, 4) is 6.07 Å². The van der Waals surface area contributed by atoms with Crippen LogP contribution in [0, 0.1) is 23.2 Å². The Bertz CT molecular complexity index is 1070. The maximum Gasteiger partial charge on any atom is 0.257 e. The van der Waals surface area contributed by atoms with Gasteiger partial charge in [-0.15, -0.1) is 0 Å². The van der Waals surface area contributed by atoms with Gasteiger partial charge in [0.05, 0.1) is 27.1 Å². The van der Waals surface area contributed by atoms with Crippen molar-refractivity contribution >= 4 is 33.2 Å². The van der Waals surface area contributed by atoms with Crippen LogP contribution in [0.15, 0.2) is 47.4 Å². The van der Waals surface area contributed by atoms with Crippen molar-refractivity contribution in [3.05, 3.63) is 58.6 Å². The van der Waals surface area contributed by atoms with Crippen LogP contribution in [0.3, 0.4) is 0 Å².